The summed E-state index contributed by atoms with van der Waals surface area (Å²) in [5.74, 6) is 0.926. The van der Waals surface area contributed by atoms with Crippen molar-refractivity contribution in [2.24, 2.45) is 0 Å². The molecule has 2 heterocycles. The lowest BCUT2D eigenvalue weighted by atomic mass is 10.0. The third-order valence-electron chi connectivity index (χ3n) is 5.02. The third kappa shape index (κ3) is 3.82. The largest absolute Gasteiger partial charge is 0.494 e. The second-order valence-electron chi connectivity index (χ2n) is 6.73. The van der Waals surface area contributed by atoms with Gasteiger partial charge < -0.3 is 4.74 Å². The van der Waals surface area contributed by atoms with Crippen molar-refractivity contribution in [3.05, 3.63) is 71.3 Å². The average Bonchev–Trinajstić information content (AvgIpc) is 3.31. The van der Waals surface area contributed by atoms with Crippen LogP contribution < -0.4 is 4.74 Å². The first-order chi connectivity index (χ1) is 13.3. The lowest BCUT2D eigenvalue weighted by Gasteiger charge is -2.24. The molecule has 1 aliphatic rings. The molecule has 0 spiro atoms. The van der Waals surface area contributed by atoms with Crippen LogP contribution in [0, 0.1) is 4.77 Å². The van der Waals surface area contributed by atoms with E-state index in [9.17, 15) is 0 Å². The number of hydrogen-bond donors (Lipinski definition) is 0. The summed E-state index contributed by atoms with van der Waals surface area (Å²) in [4.78, 5) is 2.45. The van der Waals surface area contributed by atoms with E-state index in [0.717, 1.165) is 29.2 Å². The number of para-hydroxylation sites is 1. The van der Waals surface area contributed by atoms with E-state index in [1.807, 2.05) is 46.5 Å². The Kier molecular flexibility index (Phi) is 5.36. The molecule has 1 aromatic heterocycles. The summed E-state index contributed by atoms with van der Waals surface area (Å²) in [6.07, 6.45) is 4.14. The monoisotopic (exact) mass is 380 g/mol. The Bertz CT molecular complexity index is 933. The summed E-state index contributed by atoms with van der Waals surface area (Å²) < 4.78 is 10.2. The van der Waals surface area contributed by atoms with Gasteiger partial charge in [0.1, 0.15) is 12.1 Å². The zero-order chi connectivity index (χ0) is 18.6. The summed E-state index contributed by atoms with van der Waals surface area (Å²) in [5, 5.41) is 4.54. The first-order valence-corrected chi connectivity index (χ1v) is 9.84. The van der Waals surface area contributed by atoms with Gasteiger partial charge in [0.25, 0.3) is 0 Å². The van der Waals surface area contributed by atoms with Gasteiger partial charge in [0, 0.05) is 18.3 Å². The molecule has 27 heavy (non-hydrogen) atoms. The Morgan fingerprint density at radius 1 is 1.11 bits per heavy atom. The van der Waals surface area contributed by atoms with Gasteiger partial charge in [0.2, 0.25) is 4.77 Å². The topological polar surface area (TPSA) is 35.2 Å². The van der Waals surface area contributed by atoms with Gasteiger partial charge in [-0.3, -0.25) is 9.47 Å². The third-order valence-corrected chi connectivity index (χ3v) is 5.43. The average molecular weight is 381 g/mol. The molecular weight excluding hydrogens is 356 g/mol. The molecule has 0 saturated carbocycles. The van der Waals surface area contributed by atoms with E-state index in [4.69, 9.17) is 17.0 Å². The molecule has 140 valence electrons. The predicted molar refractivity (Wildman–Crippen MR) is 109 cm³/mol. The number of benzene rings is 2. The highest BCUT2D eigenvalue weighted by molar-refractivity contribution is 7.71. The van der Waals surface area contributed by atoms with E-state index in [1.54, 1.807) is 6.33 Å². The number of hydrogen-bond acceptors (Lipinski definition) is 4. The SMILES string of the molecule is CCOc1ccc([C@@H]2CCCN2Cn2ncn(-c3ccccc3)c2=S)cc1. The smallest absolute Gasteiger partial charge is 0.203 e. The minimum absolute atomic E-state index is 0.393. The molecule has 0 radical (unpaired) electrons. The standard InChI is InChI=1S/C21H24N4OS/c1-2-26-19-12-10-17(11-13-19)20-9-6-14-23(20)16-25-21(27)24(15-22-25)18-7-4-3-5-8-18/h3-5,7-8,10-13,15,20H,2,6,9,14,16H2,1H3/t20-/m0/s1. The highest BCUT2D eigenvalue weighted by Crippen LogP contribution is 2.33. The first-order valence-electron chi connectivity index (χ1n) is 9.43. The van der Waals surface area contributed by atoms with Gasteiger partial charge in [-0.15, -0.1) is 0 Å². The van der Waals surface area contributed by atoms with Crippen LogP contribution in [-0.2, 0) is 6.67 Å². The maximum atomic E-state index is 5.66. The molecule has 0 unspecified atom stereocenters. The molecule has 1 atom stereocenters. The van der Waals surface area contributed by atoms with E-state index in [-0.39, 0.29) is 0 Å². The molecule has 0 bridgehead atoms. The van der Waals surface area contributed by atoms with Crippen LogP contribution in [0.2, 0.25) is 0 Å². The molecule has 1 fully saturated rings. The highest BCUT2D eigenvalue weighted by atomic mass is 32.1. The quantitative estimate of drug-likeness (QED) is 0.586. The minimum atomic E-state index is 0.393. The lowest BCUT2D eigenvalue weighted by molar-refractivity contribution is 0.190. The molecule has 1 aliphatic heterocycles. The first kappa shape index (κ1) is 17.9. The fraction of sp³-hybridized carbons (Fsp3) is 0.333. The van der Waals surface area contributed by atoms with Crippen LogP contribution in [-0.4, -0.2) is 32.4 Å². The molecular formula is C21H24N4OS. The van der Waals surface area contributed by atoms with E-state index in [0.29, 0.717) is 19.3 Å². The van der Waals surface area contributed by atoms with Crippen LogP contribution in [0.1, 0.15) is 31.4 Å². The number of likely N-dealkylation sites (tertiary alicyclic amines) is 1. The number of rotatable bonds is 6. The van der Waals surface area contributed by atoms with E-state index in [1.165, 1.54) is 12.0 Å². The van der Waals surface area contributed by atoms with Crippen LogP contribution >= 0.6 is 12.2 Å². The van der Waals surface area contributed by atoms with E-state index < -0.39 is 0 Å². The minimum Gasteiger partial charge on any atom is -0.494 e. The van der Waals surface area contributed by atoms with Gasteiger partial charge in [-0.2, -0.15) is 5.10 Å². The molecule has 0 amide bonds. The van der Waals surface area contributed by atoms with E-state index >= 15 is 0 Å². The Labute approximate surface area is 164 Å². The molecule has 6 heteroatoms. The van der Waals surface area contributed by atoms with Crippen LogP contribution in [0.4, 0.5) is 0 Å². The van der Waals surface area contributed by atoms with Gasteiger partial charge in [-0.1, -0.05) is 30.3 Å². The second kappa shape index (κ2) is 8.06. The van der Waals surface area contributed by atoms with Gasteiger partial charge in [-0.25, -0.2) is 4.68 Å². The summed E-state index contributed by atoms with van der Waals surface area (Å²) >= 11 is 5.66. The summed E-state index contributed by atoms with van der Waals surface area (Å²) in [7, 11) is 0. The Balaban J connectivity index is 1.52. The highest BCUT2D eigenvalue weighted by Gasteiger charge is 2.26. The summed E-state index contributed by atoms with van der Waals surface area (Å²) in [5.41, 5.74) is 2.36. The Morgan fingerprint density at radius 3 is 2.63 bits per heavy atom. The van der Waals surface area contributed by atoms with Crippen LogP contribution in [0.5, 0.6) is 5.75 Å². The van der Waals surface area contributed by atoms with Crippen molar-refractivity contribution >= 4 is 12.2 Å². The van der Waals surface area contributed by atoms with Crippen molar-refractivity contribution in [3.8, 4) is 11.4 Å². The van der Waals surface area contributed by atoms with Crippen molar-refractivity contribution in [2.75, 3.05) is 13.2 Å². The van der Waals surface area contributed by atoms with Crippen molar-refractivity contribution < 1.29 is 4.74 Å². The van der Waals surface area contributed by atoms with Gasteiger partial charge in [0.05, 0.1) is 13.3 Å². The second-order valence-corrected chi connectivity index (χ2v) is 7.10. The Morgan fingerprint density at radius 2 is 1.89 bits per heavy atom. The normalized spacial score (nSPS) is 17.3. The zero-order valence-electron chi connectivity index (χ0n) is 15.5. The molecule has 3 aromatic rings. The van der Waals surface area contributed by atoms with Crippen LogP contribution in [0.15, 0.2) is 60.9 Å². The molecule has 0 aliphatic carbocycles. The predicted octanol–water partition coefficient (Wildman–Crippen LogP) is 4.60. The summed E-state index contributed by atoms with van der Waals surface area (Å²) in [6, 6.07) is 19.0. The molecule has 1 saturated heterocycles. The molecule has 4 rings (SSSR count). The number of nitrogens with zero attached hydrogens (tertiary/aromatic N) is 4. The van der Waals surface area contributed by atoms with Crippen LogP contribution in [0.25, 0.3) is 5.69 Å². The Hall–Kier alpha value is -2.44. The summed E-state index contributed by atoms with van der Waals surface area (Å²) in [6.45, 7) is 4.45. The van der Waals surface area contributed by atoms with Crippen molar-refractivity contribution in [3.63, 3.8) is 0 Å². The fourth-order valence-electron chi connectivity index (χ4n) is 3.70. The zero-order valence-corrected chi connectivity index (χ0v) is 16.3. The van der Waals surface area contributed by atoms with Crippen molar-refractivity contribution in [1.29, 1.82) is 0 Å². The number of ether oxygens (including phenoxy) is 1. The van der Waals surface area contributed by atoms with Gasteiger partial charge in [-0.05, 0) is 61.8 Å². The van der Waals surface area contributed by atoms with Gasteiger partial charge >= 0.3 is 0 Å². The number of aromatic nitrogens is 3. The molecule has 0 N–H and O–H groups in total. The maximum absolute atomic E-state index is 5.66. The molecule has 5 nitrogen and oxygen atoms in total. The van der Waals surface area contributed by atoms with Crippen molar-refractivity contribution in [1.82, 2.24) is 19.2 Å². The van der Waals surface area contributed by atoms with Gasteiger partial charge in [0.15, 0.2) is 0 Å². The molecule has 2 aromatic carbocycles. The fourth-order valence-corrected chi connectivity index (χ4v) is 3.96. The van der Waals surface area contributed by atoms with E-state index in [2.05, 4.69) is 34.3 Å². The maximum Gasteiger partial charge on any atom is 0.203 e. The lowest BCUT2D eigenvalue weighted by Crippen LogP contribution is -2.27. The van der Waals surface area contributed by atoms with Crippen molar-refractivity contribution in [2.45, 2.75) is 32.5 Å². The van der Waals surface area contributed by atoms with Crippen LogP contribution in [0.3, 0.4) is 0 Å².